The molecule has 0 unspecified atom stereocenters. The molecule has 0 aromatic heterocycles. The number of unbranched alkanes of at least 4 members (excludes halogenated alkanes) is 1. The summed E-state index contributed by atoms with van der Waals surface area (Å²) in [5.41, 5.74) is 2.50. The highest BCUT2D eigenvalue weighted by molar-refractivity contribution is 5.35. The van der Waals surface area contributed by atoms with Crippen molar-refractivity contribution in [3.8, 4) is 11.5 Å². The fourth-order valence-corrected chi connectivity index (χ4v) is 4.39. The molecule has 0 radical (unpaired) electrons. The van der Waals surface area contributed by atoms with Crippen molar-refractivity contribution < 1.29 is 27.0 Å². The Kier molecular flexibility index (Phi) is 10.3. The van der Waals surface area contributed by atoms with Crippen molar-refractivity contribution in [2.75, 3.05) is 19.9 Å². The molecule has 1 aliphatic carbocycles. The zero-order valence-corrected chi connectivity index (χ0v) is 19.8. The van der Waals surface area contributed by atoms with E-state index in [9.17, 15) is 17.6 Å². The highest BCUT2D eigenvalue weighted by Gasteiger charge is 2.24. The predicted octanol–water partition coefficient (Wildman–Crippen LogP) is 8.25. The van der Waals surface area contributed by atoms with Gasteiger partial charge in [-0.25, -0.2) is 8.78 Å². The number of benzene rings is 2. The molecule has 2 aromatic rings. The third kappa shape index (κ3) is 7.51. The molecular weight excluding hydrogens is 444 g/mol. The average Bonchev–Trinajstić information content (AvgIpc) is 2.87. The van der Waals surface area contributed by atoms with Gasteiger partial charge in [-0.2, -0.15) is 8.78 Å². The standard InChI is InChI=1S/C28H34F4O2/c1-2-17-33-25-15-16-26(28(32)27(25)31)34-19-21-9-13-23(14-10-21)22-11-7-20(8-12-22)5-3-4-6-24(30)18-29/h6-8,11-12,15-16,21,23H,2-5,9-10,13-14,17-19H2,1H3. The van der Waals surface area contributed by atoms with Crippen LogP contribution >= 0.6 is 0 Å². The van der Waals surface area contributed by atoms with Gasteiger partial charge in [-0.05, 0) is 86.5 Å². The maximum Gasteiger partial charge on any atom is 0.204 e. The molecule has 1 saturated carbocycles. The summed E-state index contributed by atoms with van der Waals surface area (Å²) in [7, 11) is 0. The van der Waals surface area contributed by atoms with Crippen molar-refractivity contribution in [1.82, 2.24) is 0 Å². The van der Waals surface area contributed by atoms with Gasteiger partial charge in [0.15, 0.2) is 11.5 Å². The molecule has 0 heterocycles. The van der Waals surface area contributed by atoms with Crippen molar-refractivity contribution in [2.24, 2.45) is 5.92 Å². The minimum atomic E-state index is -1.03. The Morgan fingerprint density at radius 2 is 1.59 bits per heavy atom. The zero-order chi connectivity index (χ0) is 24.3. The van der Waals surface area contributed by atoms with Gasteiger partial charge in [-0.15, -0.1) is 0 Å². The first-order chi connectivity index (χ1) is 16.5. The Bertz CT molecular complexity index is 919. The fraction of sp³-hybridized carbons (Fsp3) is 0.500. The van der Waals surface area contributed by atoms with Crippen LogP contribution in [0.2, 0.25) is 0 Å². The molecule has 0 atom stereocenters. The molecule has 1 fully saturated rings. The summed E-state index contributed by atoms with van der Waals surface area (Å²) in [5.74, 6) is -2.04. The van der Waals surface area contributed by atoms with Crippen LogP contribution in [0.4, 0.5) is 17.6 Å². The molecule has 2 nitrogen and oxygen atoms in total. The Morgan fingerprint density at radius 1 is 0.941 bits per heavy atom. The van der Waals surface area contributed by atoms with E-state index in [2.05, 4.69) is 24.3 Å². The molecule has 0 spiro atoms. The highest BCUT2D eigenvalue weighted by Crippen LogP contribution is 2.36. The van der Waals surface area contributed by atoms with E-state index in [1.54, 1.807) is 0 Å². The molecular formula is C28H34F4O2. The normalized spacial score (nSPS) is 18.7. The van der Waals surface area contributed by atoms with Gasteiger partial charge in [-0.1, -0.05) is 37.3 Å². The Balaban J connectivity index is 1.42. The quantitative estimate of drug-likeness (QED) is 0.226. The average molecular weight is 479 g/mol. The molecule has 0 aliphatic heterocycles. The molecule has 0 N–H and O–H groups in total. The molecule has 0 amide bonds. The zero-order valence-electron chi connectivity index (χ0n) is 19.8. The third-order valence-corrected chi connectivity index (χ3v) is 6.41. The summed E-state index contributed by atoms with van der Waals surface area (Å²) in [6, 6.07) is 11.4. The first kappa shape index (κ1) is 26.1. The van der Waals surface area contributed by atoms with Crippen LogP contribution in [0.15, 0.2) is 48.3 Å². The second kappa shape index (κ2) is 13.4. The first-order valence-corrected chi connectivity index (χ1v) is 12.2. The molecule has 0 bridgehead atoms. The number of allylic oxidation sites excluding steroid dienone is 2. The second-order valence-corrected chi connectivity index (χ2v) is 8.99. The minimum absolute atomic E-state index is 0.0676. The molecule has 34 heavy (non-hydrogen) atoms. The second-order valence-electron chi connectivity index (χ2n) is 8.99. The summed E-state index contributed by atoms with van der Waals surface area (Å²) >= 11 is 0. The number of alkyl halides is 1. The van der Waals surface area contributed by atoms with Crippen LogP contribution in [0.25, 0.3) is 0 Å². The van der Waals surface area contributed by atoms with Crippen molar-refractivity contribution in [1.29, 1.82) is 0 Å². The van der Waals surface area contributed by atoms with Gasteiger partial charge in [0.05, 0.1) is 13.2 Å². The van der Waals surface area contributed by atoms with Crippen molar-refractivity contribution in [3.63, 3.8) is 0 Å². The van der Waals surface area contributed by atoms with E-state index in [1.807, 2.05) is 6.92 Å². The fourth-order valence-electron chi connectivity index (χ4n) is 4.39. The van der Waals surface area contributed by atoms with Gasteiger partial charge in [0, 0.05) is 0 Å². The van der Waals surface area contributed by atoms with Gasteiger partial charge in [0.25, 0.3) is 0 Å². The van der Waals surface area contributed by atoms with Crippen molar-refractivity contribution in [2.45, 2.75) is 64.2 Å². The lowest BCUT2D eigenvalue weighted by Gasteiger charge is -2.29. The highest BCUT2D eigenvalue weighted by atomic mass is 19.2. The van der Waals surface area contributed by atoms with Gasteiger partial charge < -0.3 is 9.47 Å². The molecule has 0 saturated heterocycles. The summed E-state index contributed by atoms with van der Waals surface area (Å²) < 4.78 is 64.2. The maximum atomic E-state index is 14.3. The van der Waals surface area contributed by atoms with E-state index in [0.717, 1.165) is 44.9 Å². The predicted molar refractivity (Wildman–Crippen MR) is 127 cm³/mol. The smallest absolute Gasteiger partial charge is 0.204 e. The molecule has 1 aliphatic rings. The summed E-state index contributed by atoms with van der Waals surface area (Å²) in [6.45, 7) is 1.58. The molecule has 6 heteroatoms. The molecule has 2 aromatic carbocycles. The number of hydrogen-bond donors (Lipinski definition) is 0. The van der Waals surface area contributed by atoms with Crippen LogP contribution in [0.5, 0.6) is 11.5 Å². The van der Waals surface area contributed by atoms with E-state index >= 15 is 0 Å². The van der Waals surface area contributed by atoms with Crippen molar-refractivity contribution in [3.05, 3.63) is 71.1 Å². The number of rotatable bonds is 12. The molecule has 186 valence electrons. The number of halogens is 4. The minimum Gasteiger partial charge on any atom is -0.490 e. The van der Waals surface area contributed by atoms with Crippen LogP contribution in [-0.2, 0) is 6.42 Å². The Labute approximate surface area is 200 Å². The number of ether oxygens (including phenoxy) is 2. The van der Waals surface area contributed by atoms with Crippen molar-refractivity contribution >= 4 is 0 Å². The van der Waals surface area contributed by atoms with Gasteiger partial charge in [0.2, 0.25) is 11.6 Å². The summed E-state index contributed by atoms with van der Waals surface area (Å²) in [5, 5.41) is 0. The van der Waals surface area contributed by atoms with E-state index < -0.39 is 24.1 Å². The Hall–Kier alpha value is -2.50. The first-order valence-electron chi connectivity index (χ1n) is 12.2. The van der Waals surface area contributed by atoms with Gasteiger partial charge >= 0.3 is 0 Å². The number of aryl methyl sites for hydroxylation is 1. The van der Waals surface area contributed by atoms with E-state index in [-0.39, 0.29) is 11.5 Å². The lowest BCUT2D eigenvalue weighted by molar-refractivity contribution is 0.191. The maximum absolute atomic E-state index is 14.3. The van der Waals surface area contributed by atoms with E-state index in [1.165, 1.54) is 29.3 Å². The molecule has 3 rings (SSSR count). The lowest BCUT2D eigenvalue weighted by atomic mass is 9.79. The van der Waals surface area contributed by atoms with Crippen LogP contribution in [0.3, 0.4) is 0 Å². The largest absolute Gasteiger partial charge is 0.490 e. The summed E-state index contributed by atoms with van der Waals surface area (Å²) in [6.07, 6.45) is 8.20. The van der Waals surface area contributed by atoms with Crippen LogP contribution in [-0.4, -0.2) is 19.9 Å². The van der Waals surface area contributed by atoms with Gasteiger partial charge in [0.1, 0.15) is 12.5 Å². The van der Waals surface area contributed by atoms with E-state index in [4.69, 9.17) is 9.47 Å². The lowest BCUT2D eigenvalue weighted by Crippen LogP contribution is -2.19. The van der Waals surface area contributed by atoms with E-state index in [0.29, 0.717) is 31.5 Å². The SMILES string of the molecule is CCCOc1ccc(OCC2CCC(c3ccc(CCCC=C(F)CF)cc3)CC2)c(F)c1F. The Morgan fingerprint density at radius 3 is 2.21 bits per heavy atom. The topological polar surface area (TPSA) is 18.5 Å². The van der Waals surface area contributed by atoms with Crippen LogP contribution in [0, 0.1) is 17.6 Å². The monoisotopic (exact) mass is 478 g/mol. The summed E-state index contributed by atoms with van der Waals surface area (Å²) in [4.78, 5) is 0. The van der Waals surface area contributed by atoms with Crippen LogP contribution in [0.1, 0.15) is 68.9 Å². The third-order valence-electron chi connectivity index (χ3n) is 6.41. The number of hydrogen-bond acceptors (Lipinski definition) is 2. The van der Waals surface area contributed by atoms with Gasteiger partial charge in [-0.3, -0.25) is 0 Å². The van der Waals surface area contributed by atoms with Crippen LogP contribution < -0.4 is 9.47 Å².